The van der Waals surface area contributed by atoms with Gasteiger partial charge in [-0.25, -0.2) is 15.0 Å². The predicted molar refractivity (Wildman–Crippen MR) is 153 cm³/mol. The third-order valence-electron chi connectivity index (χ3n) is 6.06. The summed E-state index contributed by atoms with van der Waals surface area (Å²) in [6.45, 7) is 0. The minimum atomic E-state index is -0.991. The van der Waals surface area contributed by atoms with Crippen LogP contribution in [0.15, 0.2) is 77.9 Å². The van der Waals surface area contributed by atoms with Crippen molar-refractivity contribution >= 4 is 68.4 Å². The van der Waals surface area contributed by atoms with Crippen LogP contribution >= 0.6 is 11.6 Å². The summed E-state index contributed by atoms with van der Waals surface area (Å²) in [5, 5.41) is 8.08. The molecule has 5 aromatic rings. The molecule has 0 fully saturated rings. The number of aromatic nitrogens is 3. The lowest BCUT2D eigenvalue weighted by atomic mass is 10.0. The first kappa shape index (κ1) is 25.5. The average Bonchev–Trinajstić information content (AvgIpc) is 3.33. The van der Waals surface area contributed by atoms with Crippen molar-refractivity contribution in [2.75, 3.05) is 16.8 Å². The van der Waals surface area contributed by atoms with E-state index in [0.717, 1.165) is 27.2 Å². The molecule has 5 rings (SSSR count). The molecule has 0 saturated carbocycles. The highest BCUT2D eigenvalue weighted by Crippen LogP contribution is 2.22. The molecular formula is C27H24ClN9O2. The van der Waals surface area contributed by atoms with Gasteiger partial charge in [-0.05, 0) is 34.5 Å². The number of nitrogens with one attached hydrogen (secondary N) is 3. The van der Waals surface area contributed by atoms with Gasteiger partial charge in [0, 0.05) is 29.2 Å². The number of nitrogen functional groups attached to an aromatic ring is 2. The summed E-state index contributed by atoms with van der Waals surface area (Å²) in [5.74, 6) is -1.87. The lowest BCUT2D eigenvalue weighted by Gasteiger charge is -2.15. The van der Waals surface area contributed by atoms with E-state index in [9.17, 15) is 9.59 Å². The molecule has 1 unspecified atom stereocenters. The van der Waals surface area contributed by atoms with Gasteiger partial charge < -0.3 is 27.5 Å². The van der Waals surface area contributed by atoms with Gasteiger partial charge in [-0.1, -0.05) is 60.1 Å². The van der Waals surface area contributed by atoms with Crippen molar-refractivity contribution in [3.8, 4) is 0 Å². The lowest BCUT2D eigenvalue weighted by molar-refractivity contribution is -0.117. The Morgan fingerprint density at radius 2 is 1.72 bits per heavy atom. The van der Waals surface area contributed by atoms with Crippen molar-refractivity contribution in [2.24, 2.45) is 10.7 Å². The molecule has 12 heteroatoms. The summed E-state index contributed by atoms with van der Waals surface area (Å²) in [4.78, 5) is 41.4. The number of para-hydroxylation sites is 1. The van der Waals surface area contributed by atoms with Crippen molar-refractivity contribution in [3.05, 3.63) is 89.3 Å². The summed E-state index contributed by atoms with van der Waals surface area (Å²) in [7, 11) is 0. The molecule has 0 spiro atoms. The highest BCUT2D eigenvalue weighted by molar-refractivity contribution is 6.31. The van der Waals surface area contributed by atoms with Crippen LogP contribution in [0.5, 0.6) is 0 Å². The molecule has 2 heterocycles. The molecule has 9 N–H and O–H groups in total. The molecule has 0 aliphatic heterocycles. The molecule has 39 heavy (non-hydrogen) atoms. The molecule has 0 saturated heterocycles. The largest absolute Gasteiger partial charge is 0.382 e. The Labute approximate surface area is 227 Å². The molecule has 1 atom stereocenters. The Bertz CT molecular complexity index is 1750. The van der Waals surface area contributed by atoms with Crippen LogP contribution in [0, 0.1) is 0 Å². The van der Waals surface area contributed by atoms with Gasteiger partial charge in [-0.2, -0.15) is 0 Å². The fourth-order valence-electron chi connectivity index (χ4n) is 4.18. The fraction of sp³-hybridized carbons (Fsp3) is 0.0741. The van der Waals surface area contributed by atoms with Crippen molar-refractivity contribution in [1.82, 2.24) is 20.3 Å². The summed E-state index contributed by atoms with van der Waals surface area (Å²) >= 11 is 5.88. The zero-order valence-electron chi connectivity index (χ0n) is 20.5. The zero-order chi connectivity index (χ0) is 27.5. The van der Waals surface area contributed by atoms with Crippen LogP contribution in [0.2, 0.25) is 5.15 Å². The molecule has 0 aliphatic carbocycles. The molecule has 2 amide bonds. The second-order valence-corrected chi connectivity index (χ2v) is 9.09. The van der Waals surface area contributed by atoms with Gasteiger partial charge in [0.15, 0.2) is 28.4 Å². The number of carbonyl (C=O) groups is 2. The van der Waals surface area contributed by atoms with E-state index in [1.165, 1.54) is 0 Å². The third-order valence-corrected chi connectivity index (χ3v) is 6.34. The van der Waals surface area contributed by atoms with Crippen LogP contribution in [0.1, 0.15) is 16.1 Å². The third kappa shape index (κ3) is 5.58. The van der Waals surface area contributed by atoms with Gasteiger partial charge >= 0.3 is 0 Å². The highest BCUT2D eigenvalue weighted by atomic mass is 35.5. The monoisotopic (exact) mass is 541 g/mol. The van der Waals surface area contributed by atoms with Gasteiger partial charge in [0.25, 0.3) is 5.91 Å². The highest BCUT2D eigenvalue weighted by Gasteiger charge is 2.23. The Hall–Kier alpha value is -5.16. The number of nitrogens with zero attached hydrogens (tertiary/aromatic N) is 3. The van der Waals surface area contributed by atoms with Crippen molar-refractivity contribution in [2.45, 2.75) is 12.5 Å². The first-order valence-electron chi connectivity index (χ1n) is 11.9. The van der Waals surface area contributed by atoms with E-state index in [4.69, 9.17) is 28.8 Å². The van der Waals surface area contributed by atoms with E-state index in [1.54, 1.807) is 0 Å². The number of fused-ring (bicyclic) bond motifs is 2. The SMILES string of the molecule is NC(=NC(Cc1c[nH]c2ccccc12)C(=O)Nc1ccc2ccccc2c1)NC(=O)c1nc(Cl)c(N)nc1N. The summed E-state index contributed by atoms with van der Waals surface area (Å²) in [6, 6.07) is 20.1. The van der Waals surface area contributed by atoms with Crippen LogP contribution in [0.3, 0.4) is 0 Å². The van der Waals surface area contributed by atoms with Crippen molar-refractivity contribution in [3.63, 3.8) is 0 Å². The van der Waals surface area contributed by atoms with E-state index < -0.39 is 17.9 Å². The number of hydrogen-bond acceptors (Lipinski definition) is 7. The molecule has 2 aromatic heterocycles. The second kappa shape index (κ2) is 10.7. The minimum Gasteiger partial charge on any atom is -0.382 e. The van der Waals surface area contributed by atoms with E-state index in [0.29, 0.717) is 5.69 Å². The Morgan fingerprint density at radius 3 is 2.54 bits per heavy atom. The zero-order valence-corrected chi connectivity index (χ0v) is 21.2. The first-order valence-corrected chi connectivity index (χ1v) is 12.2. The maximum atomic E-state index is 13.5. The number of anilines is 3. The number of amides is 2. The number of hydrogen-bond donors (Lipinski definition) is 6. The number of rotatable bonds is 6. The van der Waals surface area contributed by atoms with Crippen LogP contribution in [-0.4, -0.2) is 38.8 Å². The van der Waals surface area contributed by atoms with Gasteiger partial charge in [-0.3, -0.25) is 14.9 Å². The van der Waals surface area contributed by atoms with Gasteiger partial charge in [0.2, 0.25) is 5.91 Å². The Balaban J connectivity index is 1.42. The number of H-pyrrole nitrogens is 1. The molecular weight excluding hydrogens is 518 g/mol. The number of benzene rings is 3. The number of halogens is 1. The lowest BCUT2D eigenvalue weighted by Crippen LogP contribution is -2.40. The van der Waals surface area contributed by atoms with Crippen LogP contribution < -0.4 is 27.8 Å². The van der Waals surface area contributed by atoms with E-state index in [2.05, 4.69) is 30.6 Å². The quantitative estimate of drug-likeness (QED) is 0.140. The van der Waals surface area contributed by atoms with Crippen LogP contribution in [0.25, 0.3) is 21.7 Å². The van der Waals surface area contributed by atoms with Gasteiger partial charge in [0.05, 0.1) is 0 Å². The summed E-state index contributed by atoms with van der Waals surface area (Å²) in [5.41, 5.74) is 19.5. The number of nitrogens with two attached hydrogens (primary N) is 3. The van der Waals surface area contributed by atoms with Crippen LogP contribution in [-0.2, 0) is 11.2 Å². The number of aromatic amines is 1. The Morgan fingerprint density at radius 1 is 0.974 bits per heavy atom. The molecule has 196 valence electrons. The normalized spacial score (nSPS) is 12.4. The molecule has 0 radical (unpaired) electrons. The van der Waals surface area contributed by atoms with E-state index in [1.807, 2.05) is 72.9 Å². The molecule has 3 aromatic carbocycles. The molecule has 11 nitrogen and oxygen atoms in total. The number of guanidine groups is 1. The summed E-state index contributed by atoms with van der Waals surface area (Å²) in [6.07, 6.45) is 2.02. The predicted octanol–water partition coefficient (Wildman–Crippen LogP) is 3.22. The van der Waals surface area contributed by atoms with Crippen molar-refractivity contribution in [1.29, 1.82) is 0 Å². The topological polar surface area (TPSA) is 190 Å². The maximum Gasteiger partial charge on any atom is 0.280 e. The number of aliphatic imine (C=N–C) groups is 1. The smallest absolute Gasteiger partial charge is 0.280 e. The average molecular weight is 542 g/mol. The molecule has 0 bridgehead atoms. The fourth-order valence-corrected chi connectivity index (χ4v) is 4.31. The minimum absolute atomic E-state index is 0.114. The second-order valence-electron chi connectivity index (χ2n) is 8.73. The first-order chi connectivity index (χ1) is 18.8. The standard InChI is InChI=1S/C27H24ClN9O2/c28-22-24(30)36-23(29)21(35-22)26(39)37-27(31)34-20(12-16-13-32-19-8-4-3-7-18(16)19)25(38)33-17-10-9-14-5-1-2-6-15(14)11-17/h1-11,13,20,32H,12H2,(H,33,38)(H4,29,30,36)(H3,31,34,37,39). The van der Waals surface area contributed by atoms with Crippen LogP contribution in [0.4, 0.5) is 17.3 Å². The number of carbonyl (C=O) groups excluding carboxylic acids is 2. The van der Waals surface area contributed by atoms with Crippen molar-refractivity contribution < 1.29 is 9.59 Å². The van der Waals surface area contributed by atoms with Gasteiger partial charge in [-0.15, -0.1) is 0 Å². The van der Waals surface area contributed by atoms with E-state index >= 15 is 0 Å². The van der Waals surface area contributed by atoms with Gasteiger partial charge in [0.1, 0.15) is 6.04 Å². The molecule has 0 aliphatic rings. The Kier molecular flexibility index (Phi) is 6.98. The summed E-state index contributed by atoms with van der Waals surface area (Å²) < 4.78 is 0. The van der Waals surface area contributed by atoms with E-state index in [-0.39, 0.29) is 34.9 Å². The maximum absolute atomic E-state index is 13.5.